The van der Waals surface area contributed by atoms with E-state index >= 15 is 0 Å². The van der Waals surface area contributed by atoms with Crippen molar-refractivity contribution in [2.24, 2.45) is 0 Å². The van der Waals surface area contributed by atoms with Gasteiger partial charge in [-0.05, 0) is 57.0 Å². The van der Waals surface area contributed by atoms with E-state index in [1.165, 1.54) is 0 Å². The fraction of sp³-hybridized carbons (Fsp3) is 0.391. The molecule has 2 aromatic rings. The summed E-state index contributed by atoms with van der Waals surface area (Å²) in [7, 11) is 0. The minimum Gasteiger partial charge on any atom is -0.482 e. The molecule has 0 N–H and O–H groups in total. The Bertz CT molecular complexity index is 937. The topological polar surface area (TPSA) is 65.1 Å². The number of hydrogen-bond donors (Lipinski definition) is 0. The third-order valence-electron chi connectivity index (χ3n) is 4.55. The number of carbonyl (C=O) groups is 2. The molecule has 3 rings (SSSR count). The zero-order valence-electron chi connectivity index (χ0n) is 17.6. The fourth-order valence-corrected chi connectivity index (χ4v) is 3.60. The number of amides is 1. The van der Waals surface area contributed by atoms with Crippen molar-refractivity contribution in [1.82, 2.24) is 4.90 Å². The van der Waals surface area contributed by atoms with Crippen LogP contribution in [0.25, 0.3) is 0 Å². The number of hydrogen-bond acceptors (Lipinski definition) is 5. The van der Waals surface area contributed by atoms with Gasteiger partial charge in [0.25, 0.3) is 0 Å². The molecule has 160 valence electrons. The fourth-order valence-electron chi connectivity index (χ4n) is 3.42. The first-order valence-electron chi connectivity index (χ1n) is 9.85. The predicted octanol–water partition coefficient (Wildman–Crippen LogP) is 5.12. The number of nitrogens with zero attached hydrogens (tertiary/aromatic N) is 1. The first-order chi connectivity index (χ1) is 14.2. The van der Waals surface area contributed by atoms with Crippen molar-refractivity contribution in [3.63, 3.8) is 0 Å². The van der Waals surface area contributed by atoms with E-state index < -0.39 is 23.7 Å². The maximum Gasteiger partial charge on any atom is 0.411 e. The van der Waals surface area contributed by atoms with Gasteiger partial charge in [-0.25, -0.2) is 9.59 Å². The molecule has 1 atom stereocenters. The second kappa shape index (κ2) is 8.96. The molecule has 0 radical (unpaired) electrons. The van der Waals surface area contributed by atoms with E-state index in [2.05, 4.69) is 0 Å². The van der Waals surface area contributed by atoms with Crippen LogP contribution in [0.3, 0.4) is 0 Å². The summed E-state index contributed by atoms with van der Waals surface area (Å²) in [4.78, 5) is 26.5. The van der Waals surface area contributed by atoms with E-state index in [1.807, 2.05) is 45.0 Å². The third kappa shape index (κ3) is 5.05. The first-order valence-corrected chi connectivity index (χ1v) is 10.2. The zero-order chi connectivity index (χ0) is 21.9. The van der Waals surface area contributed by atoms with E-state index in [4.69, 9.17) is 25.8 Å². The molecule has 1 aliphatic heterocycles. The summed E-state index contributed by atoms with van der Waals surface area (Å²) in [6.45, 7) is 7.67. The minimum atomic E-state index is -0.631. The zero-order valence-corrected chi connectivity index (χ0v) is 18.4. The van der Waals surface area contributed by atoms with Crippen LogP contribution in [0.4, 0.5) is 4.79 Å². The standard InChI is InChI=1S/C23H26ClNO5/c1-5-28-20(26)14-29-19-11-10-16(24)12-18(19)21-17-9-7-6-8-15(17)13-25(21)22(27)30-23(2,3)4/h6-12,21H,5,13-14H2,1-4H3/t21-/m0/s1. The lowest BCUT2D eigenvalue weighted by atomic mass is 9.97. The number of carbonyl (C=O) groups excluding carboxylic acids is 2. The van der Waals surface area contributed by atoms with Gasteiger partial charge in [0.2, 0.25) is 0 Å². The van der Waals surface area contributed by atoms with Crippen LogP contribution >= 0.6 is 11.6 Å². The summed E-state index contributed by atoms with van der Waals surface area (Å²) in [5.41, 5.74) is 2.03. The number of esters is 1. The molecule has 1 amide bonds. The van der Waals surface area contributed by atoms with Crippen LogP contribution in [0.2, 0.25) is 5.02 Å². The average Bonchev–Trinajstić information content (AvgIpc) is 3.05. The highest BCUT2D eigenvalue weighted by atomic mass is 35.5. The summed E-state index contributed by atoms with van der Waals surface area (Å²) >= 11 is 6.29. The van der Waals surface area contributed by atoms with Gasteiger partial charge in [-0.15, -0.1) is 0 Å². The van der Waals surface area contributed by atoms with Gasteiger partial charge in [0.15, 0.2) is 6.61 Å². The Morgan fingerprint density at radius 3 is 2.57 bits per heavy atom. The summed E-state index contributed by atoms with van der Waals surface area (Å²) < 4.78 is 16.3. The van der Waals surface area contributed by atoms with E-state index in [9.17, 15) is 9.59 Å². The van der Waals surface area contributed by atoms with Gasteiger partial charge in [-0.3, -0.25) is 4.90 Å². The van der Waals surface area contributed by atoms with Crippen molar-refractivity contribution < 1.29 is 23.8 Å². The third-order valence-corrected chi connectivity index (χ3v) is 4.78. The Hall–Kier alpha value is -2.73. The maximum atomic E-state index is 13.0. The molecule has 0 bridgehead atoms. The maximum absolute atomic E-state index is 13.0. The number of rotatable bonds is 5. The monoisotopic (exact) mass is 431 g/mol. The Morgan fingerprint density at radius 2 is 1.87 bits per heavy atom. The van der Waals surface area contributed by atoms with Crippen molar-refractivity contribution in [3.05, 3.63) is 64.2 Å². The lowest BCUT2D eigenvalue weighted by Gasteiger charge is -2.30. The summed E-state index contributed by atoms with van der Waals surface area (Å²) in [5, 5.41) is 0.502. The van der Waals surface area contributed by atoms with E-state index in [0.29, 0.717) is 22.9 Å². The second-order valence-electron chi connectivity index (χ2n) is 7.99. The van der Waals surface area contributed by atoms with Gasteiger partial charge in [0.05, 0.1) is 19.2 Å². The van der Waals surface area contributed by atoms with Crippen LogP contribution < -0.4 is 4.74 Å². The van der Waals surface area contributed by atoms with Crippen LogP contribution in [-0.2, 0) is 20.8 Å². The van der Waals surface area contributed by atoms with Crippen LogP contribution in [0, 0.1) is 0 Å². The van der Waals surface area contributed by atoms with Crippen LogP contribution in [0.1, 0.15) is 50.4 Å². The van der Waals surface area contributed by atoms with Crippen molar-refractivity contribution in [1.29, 1.82) is 0 Å². The molecular weight excluding hydrogens is 406 g/mol. The smallest absolute Gasteiger partial charge is 0.411 e. The molecule has 0 saturated carbocycles. The van der Waals surface area contributed by atoms with Crippen molar-refractivity contribution in [2.45, 2.75) is 45.9 Å². The number of halogens is 1. The number of benzene rings is 2. The Kier molecular flexibility index (Phi) is 6.56. The summed E-state index contributed by atoms with van der Waals surface area (Å²) in [5.74, 6) is -0.00284. The largest absolute Gasteiger partial charge is 0.482 e. The molecule has 30 heavy (non-hydrogen) atoms. The molecule has 0 fully saturated rings. The van der Waals surface area contributed by atoms with Gasteiger partial charge in [0, 0.05) is 10.6 Å². The lowest BCUT2D eigenvalue weighted by Crippen LogP contribution is -2.36. The van der Waals surface area contributed by atoms with Crippen molar-refractivity contribution in [2.75, 3.05) is 13.2 Å². The molecule has 0 spiro atoms. The molecule has 0 aliphatic carbocycles. The van der Waals surface area contributed by atoms with Crippen molar-refractivity contribution >= 4 is 23.7 Å². The van der Waals surface area contributed by atoms with E-state index in [-0.39, 0.29) is 13.2 Å². The number of ether oxygens (including phenoxy) is 3. The Labute approximate surface area is 181 Å². The summed E-state index contributed by atoms with van der Waals surface area (Å²) in [6.07, 6.45) is -0.431. The molecule has 0 saturated heterocycles. The molecular formula is C23H26ClNO5. The Balaban J connectivity index is 2.00. The molecule has 2 aromatic carbocycles. The molecule has 0 aromatic heterocycles. The van der Waals surface area contributed by atoms with Gasteiger partial charge in [-0.1, -0.05) is 35.9 Å². The van der Waals surface area contributed by atoms with Crippen LogP contribution in [-0.4, -0.2) is 35.8 Å². The van der Waals surface area contributed by atoms with Crippen LogP contribution in [0.5, 0.6) is 5.75 Å². The molecule has 0 unspecified atom stereocenters. The first kappa shape index (κ1) is 22.0. The highest BCUT2D eigenvalue weighted by Crippen LogP contribution is 2.43. The van der Waals surface area contributed by atoms with Crippen LogP contribution in [0.15, 0.2) is 42.5 Å². The van der Waals surface area contributed by atoms with Gasteiger partial charge >= 0.3 is 12.1 Å². The lowest BCUT2D eigenvalue weighted by molar-refractivity contribution is -0.145. The van der Waals surface area contributed by atoms with Gasteiger partial charge in [0.1, 0.15) is 11.4 Å². The summed E-state index contributed by atoms with van der Waals surface area (Å²) in [6, 6.07) is 12.5. The molecule has 1 heterocycles. The van der Waals surface area contributed by atoms with Crippen molar-refractivity contribution in [3.8, 4) is 5.75 Å². The normalized spacial score (nSPS) is 15.5. The van der Waals surface area contributed by atoms with E-state index in [1.54, 1.807) is 30.0 Å². The second-order valence-corrected chi connectivity index (χ2v) is 8.42. The van der Waals surface area contributed by atoms with Gasteiger partial charge < -0.3 is 14.2 Å². The van der Waals surface area contributed by atoms with E-state index in [0.717, 1.165) is 11.1 Å². The average molecular weight is 432 g/mol. The highest BCUT2D eigenvalue weighted by Gasteiger charge is 2.38. The number of fused-ring (bicyclic) bond motifs is 1. The quantitative estimate of drug-likeness (QED) is 0.614. The molecule has 1 aliphatic rings. The van der Waals surface area contributed by atoms with Gasteiger partial charge in [-0.2, -0.15) is 0 Å². The predicted molar refractivity (Wildman–Crippen MR) is 114 cm³/mol. The highest BCUT2D eigenvalue weighted by molar-refractivity contribution is 6.30. The molecule has 7 heteroatoms. The molecule has 6 nitrogen and oxygen atoms in total. The Morgan fingerprint density at radius 1 is 1.13 bits per heavy atom. The minimum absolute atomic E-state index is 0.233. The SMILES string of the molecule is CCOC(=O)COc1ccc(Cl)cc1[C@@H]1c2ccccc2CN1C(=O)OC(C)(C)C.